The zero-order valence-electron chi connectivity index (χ0n) is 8.68. The summed E-state index contributed by atoms with van der Waals surface area (Å²) >= 11 is 0. The van der Waals surface area contributed by atoms with Crippen LogP contribution in [0.4, 0.5) is 11.5 Å². The van der Waals surface area contributed by atoms with Gasteiger partial charge in [0.1, 0.15) is 6.07 Å². The van der Waals surface area contributed by atoms with E-state index in [0.29, 0.717) is 5.82 Å². The molecule has 0 saturated carbocycles. The van der Waals surface area contributed by atoms with Crippen molar-refractivity contribution in [2.24, 2.45) is 0 Å². The fraction of sp³-hybridized carbons (Fsp3) is 0.0909. The van der Waals surface area contributed by atoms with Crippen LogP contribution in [-0.2, 0) is 0 Å². The molecule has 5 nitrogen and oxygen atoms in total. The molecule has 2 heterocycles. The van der Waals surface area contributed by atoms with Crippen molar-refractivity contribution in [3.05, 3.63) is 42.1 Å². The van der Waals surface area contributed by atoms with Crippen LogP contribution in [-0.4, -0.2) is 15.0 Å². The third-order valence-electron chi connectivity index (χ3n) is 2.06. The molecule has 0 radical (unpaired) electrons. The van der Waals surface area contributed by atoms with E-state index in [1.807, 2.05) is 25.1 Å². The predicted octanol–water partition coefficient (Wildman–Crippen LogP) is 1.80. The van der Waals surface area contributed by atoms with Crippen LogP contribution in [0.3, 0.4) is 0 Å². The molecule has 0 aromatic carbocycles. The van der Waals surface area contributed by atoms with E-state index >= 15 is 0 Å². The lowest BCUT2D eigenvalue weighted by Crippen LogP contribution is -2.00. The van der Waals surface area contributed by atoms with Crippen LogP contribution < -0.4 is 5.32 Å². The molecule has 1 N–H and O–H groups in total. The topological polar surface area (TPSA) is 74.5 Å². The number of rotatable bonds is 2. The Morgan fingerprint density at radius 3 is 2.75 bits per heavy atom. The smallest absolute Gasteiger partial charge is 0.183 e. The Hall–Kier alpha value is -2.48. The standard InChI is InChI=1S/C11H9N5/c1-8-9(3-2-4-13-8)16-11-10(7-12)14-5-6-15-11/h2-6H,1H3,(H,15,16). The molecule has 0 saturated heterocycles. The van der Waals surface area contributed by atoms with Crippen LogP contribution in [0, 0.1) is 18.3 Å². The minimum absolute atomic E-state index is 0.269. The monoisotopic (exact) mass is 211 g/mol. The molecular formula is C11H9N5. The first-order valence-electron chi connectivity index (χ1n) is 4.71. The summed E-state index contributed by atoms with van der Waals surface area (Å²) in [5.41, 5.74) is 1.93. The molecule has 0 spiro atoms. The molecule has 5 heteroatoms. The average Bonchev–Trinajstić information content (AvgIpc) is 2.33. The second-order valence-electron chi connectivity index (χ2n) is 3.13. The van der Waals surface area contributed by atoms with Crippen LogP contribution >= 0.6 is 0 Å². The molecule has 2 aromatic rings. The maximum absolute atomic E-state index is 8.86. The van der Waals surface area contributed by atoms with Crippen LogP contribution in [0.2, 0.25) is 0 Å². The van der Waals surface area contributed by atoms with Gasteiger partial charge < -0.3 is 5.32 Å². The first kappa shape index (κ1) is 10.1. The Balaban J connectivity index is 2.35. The number of anilines is 2. The molecular weight excluding hydrogens is 202 g/mol. The van der Waals surface area contributed by atoms with E-state index in [1.54, 1.807) is 6.20 Å². The summed E-state index contributed by atoms with van der Waals surface area (Å²) in [6, 6.07) is 5.67. The van der Waals surface area contributed by atoms with E-state index < -0.39 is 0 Å². The zero-order valence-corrected chi connectivity index (χ0v) is 8.68. The van der Waals surface area contributed by atoms with Crippen molar-refractivity contribution in [2.45, 2.75) is 6.92 Å². The minimum Gasteiger partial charge on any atom is -0.336 e. The first-order chi connectivity index (χ1) is 7.81. The highest BCUT2D eigenvalue weighted by Crippen LogP contribution is 2.17. The maximum atomic E-state index is 8.86. The Morgan fingerprint density at radius 2 is 2.00 bits per heavy atom. The van der Waals surface area contributed by atoms with Gasteiger partial charge in [-0.3, -0.25) is 4.98 Å². The Kier molecular flexibility index (Phi) is 2.74. The number of pyridine rings is 1. The van der Waals surface area contributed by atoms with Crippen LogP contribution in [0.15, 0.2) is 30.7 Å². The fourth-order valence-electron chi connectivity index (χ4n) is 1.26. The van der Waals surface area contributed by atoms with Crippen molar-refractivity contribution in [2.75, 3.05) is 5.32 Å². The van der Waals surface area contributed by atoms with Crippen molar-refractivity contribution in [1.29, 1.82) is 5.26 Å². The number of aromatic nitrogens is 3. The number of hydrogen-bond acceptors (Lipinski definition) is 5. The predicted molar refractivity (Wildman–Crippen MR) is 59.0 cm³/mol. The van der Waals surface area contributed by atoms with Gasteiger partial charge in [0.25, 0.3) is 0 Å². The van der Waals surface area contributed by atoms with Crippen LogP contribution in [0.5, 0.6) is 0 Å². The number of nitriles is 1. The zero-order chi connectivity index (χ0) is 11.4. The lowest BCUT2D eigenvalue weighted by atomic mass is 10.3. The number of nitrogens with one attached hydrogen (secondary N) is 1. The van der Waals surface area contributed by atoms with Crippen molar-refractivity contribution < 1.29 is 0 Å². The molecule has 0 atom stereocenters. The Morgan fingerprint density at radius 1 is 1.19 bits per heavy atom. The Bertz CT molecular complexity index is 544. The fourth-order valence-corrected chi connectivity index (χ4v) is 1.26. The number of nitrogens with zero attached hydrogens (tertiary/aromatic N) is 4. The molecule has 0 unspecified atom stereocenters. The second-order valence-corrected chi connectivity index (χ2v) is 3.13. The molecule has 0 aliphatic heterocycles. The van der Waals surface area contributed by atoms with Gasteiger partial charge in [-0.1, -0.05) is 0 Å². The van der Waals surface area contributed by atoms with Gasteiger partial charge in [-0.15, -0.1) is 0 Å². The van der Waals surface area contributed by atoms with E-state index in [9.17, 15) is 0 Å². The van der Waals surface area contributed by atoms with Gasteiger partial charge in [-0.2, -0.15) is 5.26 Å². The minimum atomic E-state index is 0.269. The summed E-state index contributed by atoms with van der Waals surface area (Å²) in [4.78, 5) is 12.1. The lowest BCUT2D eigenvalue weighted by molar-refractivity contribution is 1.14. The van der Waals surface area contributed by atoms with Gasteiger partial charge >= 0.3 is 0 Å². The quantitative estimate of drug-likeness (QED) is 0.819. The lowest BCUT2D eigenvalue weighted by Gasteiger charge is -2.07. The SMILES string of the molecule is Cc1ncccc1Nc1nccnc1C#N. The number of hydrogen-bond donors (Lipinski definition) is 1. The van der Waals surface area contributed by atoms with E-state index in [0.717, 1.165) is 11.4 Å². The highest BCUT2D eigenvalue weighted by atomic mass is 15.0. The average molecular weight is 211 g/mol. The molecule has 0 aliphatic rings. The van der Waals surface area contributed by atoms with Crippen molar-refractivity contribution in [3.8, 4) is 6.07 Å². The molecule has 78 valence electrons. The van der Waals surface area contributed by atoms with E-state index in [4.69, 9.17) is 5.26 Å². The summed E-state index contributed by atoms with van der Waals surface area (Å²) < 4.78 is 0. The highest BCUT2D eigenvalue weighted by Gasteiger charge is 2.05. The Labute approximate surface area is 92.8 Å². The van der Waals surface area contributed by atoms with Gasteiger partial charge in [0.15, 0.2) is 11.5 Å². The summed E-state index contributed by atoms with van der Waals surface area (Å²) in [7, 11) is 0. The first-order valence-corrected chi connectivity index (χ1v) is 4.71. The second kappa shape index (κ2) is 4.36. The number of aryl methyl sites for hydroxylation is 1. The molecule has 0 amide bonds. The third-order valence-corrected chi connectivity index (χ3v) is 2.06. The van der Waals surface area contributed by atoms with Crippen LogP contribution in [0.25, 0.3) is 0 Å². The van der Waals surface area contributed by atoms with Gasteiger partial charge in [0.2, 0.25) is 0 Å². The van der Waals surface area contributed by atoms with E-state index in [2.05, 4.69) is 20.3 Å². The molecule has 2 rings (SSSR count). The summed E-state index contributed by atoms with van der Waals surface area (Å²) in [5.74, 6) is 0.445. The van der Waals surface area contributed by atoms with E-state index in [-0.39, 0.29) is 5.69 Å². The van der Waals surface area contributed by atoms with Gasteiger partial charge in [0.05, 0.1) is 11.4 Å². The van der Waals surface area contributed by atoms with Crippen molar-refractivity contribution >= 4 is 11.5 Å². The summed E-state index contributed by atoms with van der Waals surface area (Å²) in [5, 5.41) is 11.9. The maximum Gasteiger partial charge on any atom is 0.183 e. The molecule has 0 fully saturated rings. The summed E-state index contributed by atoms with van der Waals surface area (Å²) in [6.45, 7) is 1.88. The normalized spacial score (nSPS) is 9.50. The van der Waals surface area contributed by atoms with Crippen molar-refractivity contribution in [1.82, 2.24) is 15.0 Å². The molecule has 2 aromatic heterocycles. The van der Waals surface area contributed by atoms with Crippen LogP contribution in [0.1, 0.15) is 11.4 Å². The third kappa shape index (κ3) is 1.96. The highest BCUT2D eigenvalue weighted by molar-refractivity contribution is 5.61. The largest absolute Gasteiger partial charge is 0.336 e. The molecule has 16 heavy (non-hydrogen) atoms. The molecule has 0 aliphatic carbocycles. The van der Waals surface area contributed by atoms with Gasteiger partial charge in [-0.25, -0.2) is 9.97 Å². The van der Waals surface area contributed by atoms with Gasteiger partial charge in [0, 0.05) is 18.6 Å². The van der Waals surface area contributed by atoms with Crippen molar-refractivity contribution in [3.63, 3.8) is 0 Å². The van der Waals surface area contributed by atoms with Gasteiger partial charge in [-0.05, 0) is 19.1 Å². The molecule has 0 bridgehead atoms. The summed E-state index contributed by atoms with van der Waals surface area (Å²) in [6.07, 6.45) is 4.73. The van der Waals surface area contributed by atoms with E-state index in [1.165, 1.54) is 12.4 Å².